The van der Waals surface area contributed by atoms with Crippen molar-refractivity contribution in [2.75, 3.05) is 18.0 Å². The quantitative estimate of drug-likeness (QED) is 0.778. The fourth-order valence-electron chi connectivity index (χ4n) is 1.79. The van der Waals surface area contributed by atoms with Crippen LogP contribution in [0.15, 0.2) is 6.07 Å². The highest BCUT2D eigenvalue weighted by molar-refractivity contribution is 6.29. The molecule has 2 heterocycles. The van der Waals surface area contributed by atoms with Crippen molar-refractivity contribution >= 4 is 17.5 Å². The molecule has 0 saturated carbocycles. The topological polar surface area (TPSA) is 55.0 Å². The van der Waals surface area contributed by atoms with Gasteiger partial charge in [-0.25, -0.2) is 9.97 Å². The van der Waals surface area contributed by atoms with Gasteiger partial charge >= 0.3 is 0 Å². The van der Waals surface area contributed by atoms with Crippen molar-refractivity contribution in [3.8, 4) is 0 Å². The Morgan fingerprint density at radius 1 is 1.27 bits per heavy atom. The van der Waals surface area contributed by atoms with E-state index < -0.39 is 0 Å². The summed E-state index contributed by atoms with van der Waals surface area (Å²) in [6, 6.07) is 1.72. The van der Waals surface area contributed by atoms with Gasteiger partial charge in [-0.3, -0.25) is 0 Å². The van der Waals surface area contributed by atoms with Gasteiger partial charge in [0, 0.05) is 19.6 Å². The lowest BCUT2D eigenvalue weighted by atomic mass is 10.1. The van der Waals surface area contributed by atoms with Gasteiger partial charge in [-0.1, -0.05) is 11.6 Å². The number of aromatic nitrogens is 2. The van der Waals surface area contributed by atoms with Gasteiger partial charge < -0.3 is 10.6 Å². The highest BCUT2D eigenvalue weighted by atomic mass is 35.5. The van der Waals surface area contributed by atoms with Crippen molar-refractivity contribution in [1.82, 2.24) is 9.97 Å². The molecule has 1 fully saturated rings. The summed E-state index contributed by atoms with van der Waals surface area (Å²) in [4.78, 5) is 10.8. The number of nitrogens with zero attached hydrogens (tertiary/aromatic N) is 3. The molecule has 4 nitrogen and oxygen atoms in total. The number of nitrogens with two attached hydrogens (primary N) is 1. The fourth-order valence-corrected chi connectivity index (χ4v) is 1.99. The maximum Gasteiger partial charge on any atom is 0.227 e. The van der Waals surface area contributed by atoms with Crippen LogP contribution in [0.1, 0.15) is 25.0 Å². The lowest BCUT2D eigenvalue weighted by Crippen LogP contribution is -2.31. The second-order valence-electron chi connectivity index (χ2n) is 3.73. The zero-order valence-electron chi connectivity index (χ0n) is 8.62. The predicted octanol–water partition coefficient (Wildman–Crippen LogP) is 1.58. The normalized spacial score (nSPS) is 16.8. The first-order valence-corrected chi connectivity index (χ1v) is 5.66. The Balaban J connectivity index is 2.22. The molecule has 2 rings (SSSR count). The van der Waals surface area contributed by atoms with Crippen LogP contribution in [0.25, 0.3) is 0 Å². The lowest BCUT2D eigenvalue weighted by Gasteiger charge is -2.26. The Hall–Kier alpha value is -0.870. The smallest absolute Gasteiger partial charge is 0.227 e. The molecular formula is C10H15ClN4. The molecule has 2 N–H and O–H groups in total. The molecule has 1 aromatic heterocycles. The Bertz CT molecular complexity index is 336. The van der Waals surface area contributed by atoms with Crippen LogP contribution in [0.4, 0.5) is 5.95 Å². The van der Waals surface area contributed by atoms with E-state index in [1.807, 2.05) is 0 Å². The molecule has 0 radical (unpaired) electrons. The second-order valence-corrected chi connectivity index (χ2v) is 4.12. The molecular weight excluding hydrogens is 212 g/mol. The summed E-state index contributed by atoms with van der Waals surface area (Å²) in [7, 11) is 0. The molecule has 0 atom stereocenters. The SMILES string of the molecule is NCc1cc(Cl)nc(N2CCCCC2)n1. The van der Waals surface area contributed by atoms with Crippen LogP contribution in [0.3, 0.4) is 0 Å². The van der Waals surface area contributed by atoms with Gasteiger partial charge in [-0.15, -0.1) is 0 Å². The van der Waals surface area contributed by atoms with Crippen LogP contribution in [0, 0.1) is 0 Å². The number of hydrogen-bond acceptors (Lipinski definition) is 4. The maximum atomic E-state index is 5.91. The van der Waals surface area contributed by atoms with Gasteiger partial charge in [-0.2, -0.15) is 0 Å². The van der Waals surface area contributed by atoms with E-state index in [4.69, 9.17) is 17.3 Å². The summed E-state index contributed by atoms with van der Waals surface area (Å²) in [6.07, 6.45) is 3.70. The molecule has 1 aromatic rings. The first kappa shape index (κ1) is 10.6. The highest BCUT2D eigenvalue weighted by Crippen LogP contribution is 2.18. The summed E-state index contributed by atoms with van der Waals surface area (Å²) >= 11 is 5.91. The molecule has 1 aliphatic rings. The minimum Gasteiger partial charge on any atom is -0.341 e. The monoisotopic (exact) mass is 226 g/mol. The molecule has 5 heteroatoms. The van der Waals surface area contributed by atoms with Crippen LogP contribution < -0.4 is 10.6 Å². The molecule has 82 valence electrons. The first-order chi connectivity index (χ1) is 7.29. The zero-order chi connectivity index (χ0) is 10.7. The first-order valence-electron chi connectivity index (χ1n) is 5.28. The van der Waals surface area contributed by atoms with E-state index in [1.165, 1.54) is 19.3 Å². The van der Waals surface area contributed by atoms with Crippen molar-refractivity contribution in [1.29, 1.82) is 0 Å². The van der Waals surface area contributed by atoms with E-state index in [9.17, 15) is 0 Å². The van der Waals surface area contributed by atoms with Crippen molar-refractivity contribution in [3.63, 3.8) is 0 Å². The summed E-state index contributed by atoms with van der Waals surface area (Å²) in [5.41, 5.74) is 6.35. The third-order valence-electron chi connectivity index (χ3n) is 2.58. The molecule has 0 unspecified atom stereocenters. The van der Waals surface area contributed by atoms with E-state index in [0.717, 1.165) is 24.7 Å². The van der Waals surface area contributed by atoms with Gasteiger partial charge in [0.15, 0.2) is 0 Å². The van der Waals surface area contributed by atoms with Crippen molar-refractivity contribution in [2.24, 2.45) is 5.73 Å². The maximum absolute atomic E-state index is 5.91. The number of rotatable bonds is 2. The number of hydrogen-bond donors (Lipinski definition) is 1. The van der Waals surface area contributed by atoms with Gasteiger partial charge in [0.1, 0.15) is 5.15 Å². The third kappa shape index (κ3) is 2.58. The molecule has 15 heavy (non-hydrogen) atoms. The highest BCUT2D eigenvalue weighted by Gasteiger charge is 2.14. The Morgan fingerprint density at radius 2 is 2.00 bits per heavy atom. The largest absolute Gasteiger partial charge is 0.341 e. The fraction of sp³-hybridized carbons (Fsp3) is 0.600. The summed E-state index contributed by atoms with van der Waals surface area (Å²) in [5, 5.41) is 0.478. The second kappa shape index (κ2) is 4.77. The molecule has 0 aliphatic carbocycles. The van der Waals surface area contributed by atoms with Crippen molar-refractivity contribution < 1.29 is 0 Å². The number of anilines is 1. The lowest BCUT2D eigenvalue weighted by molar-refractivity contribution is 0.567. The Kier molecular flexibility index (Phi) is 3.38. The van der Waals surface area contributed by atoms with Crippen LogP contribution >= 0.6 is 11.6 Å². The van der Waals surface area contributed by atoms with Gasteiger partial charge in [0.25, 0.3) is 0 Å². The van der Waals surface area contributed by atoms with Gasteiger partial charge in [-0.05, 0) is 25.3 Å². The molecule has 0 spiro atoms. The summed E-state index contributed by atoms with van der Waals surface area (Å²) in [6.45, 7) is 2.44. The molecule has 0 bridgehead atoms. The van der Waals surface area contributed by atoms with E-state index in [-0.39, 0.29) is 0 Å². The van der Waals surface area contributed by atoms with Gasteiger partial charge in [0.2, 0.25) is 5.95 Å². The predicted molar refractivity (Wildman–Crippen MR) is 61.0 cm³/mol. The molecule has 0 amide bonds. The van der Waals surface area contributed by atoms with Gasteiger partial charge in [0.05, 0.1) is 5.69 Å². The number of piperidine rings is 1. The summed E-state index contributed by atoms with van der Waals surface area (Å²) < 4.78 is 0. The van der Waals surface area contributed by atoms with Crippen molar-refractivity contribution in [2.45, 2.75) is 25.8 Å². The average molecular weight is 227 g/mol. The zero-order valence-corrected chi connectivity index (χ0v) is 9.37. The van der Waals surface area contributed by atoms with E-state index in [1.54, 1.807) is 6.07 Å². The van der Waals surface area contributed by atoms with E-state index in [0.29, 0.717) is 11.7 Å². The number of halogens is 1. The minimum absolute atomic E-state index is 0.406. The van der Waals surface area contributed by atoms with E-state index in [2.05, 4.69) is 14.9 Å². The van der Waals surface area contributed by atoms with Crippen LogP contribution in [-0.2, 0) is 6.54 Å². The third-order valence-corrected chi connectivity index (χ3v) is 2.78. The minimum atomic E-state index is 0.406. The molecule has 0 aromatic carbocycles. The van der Waals surface area contributed by atoms with E-state index >= 15 is 0 Å². The van der Waals surface area contributed by atoms with Crippen LogP contribution in [0.2, 0.25) is 5.15 Å². The Labute approximate surface area is 94.5 Å². The molecule has 1 aliphatic heterocycles. The van der Waals surface area contributed by atoms with Crippen LogP contribution in [-0.4, -0.2) is 23.1 Å². The van der Waals surface area contributed by atoms with Crippen LogP contribution in [0.5, 0.6) is 0 Å². The van der Waals surface area contributed by atoms with Crippen molar-refractivity contribution in [3.05, 3.63) is 16.9 Å². The standard InChI is InChI=1S/C10H15ClN4/c11-9-6-8(7-12)13-10(14-9)15-4-2-1-3-5-15/h6H,1-5,7,12H2. The molecule has 1 saturated heterocycles. The average Bonchev–Trinajstić information content (AvgIpc) is 2.29. The summed E-state index contributed by atoms with van der Waals surface area (Å²) in [5.74, 6) is 0.725. The Morgan fingerprint density at radius 3 is 2.67 bits per heavy atom.